The van der Waals surface area contributed by atoms with E-state index in [9.17, 15) is 4.79 Å². The number of hydrogen-bond donors (Lipinski definition) is 1. The Hall–Kier alpha value is -1.64. The molecule has 0 saturated carbocycles. The number of benzene rings is 1. The van der Waals surface area contributed by atoms with Crippen LogP contribution in [0, 0.1) is 0 Å². The third-order valence-corrected chi connectivity index (χ3v) is 1.27. The number of nitrogens with zero attached hydrogens (tertiary/aromatic N) is 1. The average molecular weight is 163 g/mol. The van der Waals surface area contributed by atoms with Crippen LogP contribution in [0.4, 0.5) is 0 Å². The first-order chi connectivity index (χ1) is 5.79. The molecule has 0 heterocycles. The van der Waals surface area contributed by atoms with Crippen molar-refractivity contribution in [1.29, 1.82) is 0 Å². The van der Waals surface area contributed by atoms with E-state index in [2.05, 4.69) is 4.99 Å². The number of carboxylic acid groups (broad SMARTS) is 1. The Morgan fingerprint density at radius 2 is 2.08 bits per heavy atom. The van der Waals surface area contributed by atoms with Gasteiger partial charge in [0.05, 0.1) is 0 Å². The molecule has 1 rings (SSSR count). The van der Waals surface area contributed by atoms with Crippen molar-refractivity contribution in [2.45, 2.75) is 0 Å². The molecule has 0 aliphatic carbocycles. The highest BCUT2D eigenvalue weighted by Gasteiger charge is 1.89. The summed E-state index contributed by atoms with van der Waals surface area (Å²) < 4.78 is 0. The molecule has 0 spiro atoms. The molecule has 0 bridgehead atoms. The van der Waals surface area contributed by atoms with Gasteiger partial charge in [0.15, 0.2) is 0 Å². The summed E-state index contributed by atoms with van der Waals surface area (Å²) in [4.78, 5) is 13.8. The van der Waals surface area contributed by atoms with Crippen molar-refractivity contribution >= 4 is 12.2 Å². The third-order valence-electron chi connectivity index (χ3n) is 1.27. The summed E-state index contributed by atoms with van der Waals surface area (Å²) in [7, 11) is 0. The van der Waals surface area contributed by atoms with Crippen LogP contribution in [0.1, 0.15) is 5.56 Å². The number of carbonyl (C=O) groups is 1. The second kappa shape index (κ2) is 4.28. The van der Waals surface area contributed by atoms with E-state index in [0.29, 0.717) is 0 Å². The molecule has 0 saturated heterocycles. The predicted molar refractivity (Wildman–Crippen MR) is 46.5 cm³/mol. The molecule has 0 fully saturated rings. The van der Waals surface area contributed by atoms with Crippen molar-refractivity contribution in [3.8, 4) is 0 Å². The number of aliphatic imine (C=N–C) groups is 1. The van der Waals surface area contributed by atoms with Gasteiger partial charge in [0, 0.05) is 6.21 Å². The van der Waals surface area contributed by atoms with Gasteiger partial charge in [-0.15, -0.1) is 0 Å². The minimum atomic E-state index is -0.915. The fraction of sp³-hybridized carbons (Fsp3) is 0.111. The number of rotatable bonds is 3. The van der Waals surface area contributed by atoms with E-state index in [4.69, 9.17) is 5.11 Å². The van der Waals surface area contributed by atoms with Crippen molar-refractivity contribution in [2.75, 3.05) is 6.54 Å². The van der Waals surface area contributed by atoms with Crippen LogP contribution in [0.25, 0.3) is 0 Å². The van der Waals surface area contributed by atoms with Gasteiger partial charge in [-0.05, 0) is 5.56 Å². The van der Waals surface area contributed by atoms with Crippen LogP contribution in [0.15, 0.2) is 35.3 Å². The second-order valence-electron chi connectivity index (χ2n) is 2.27. The van der Waals surface area contributed by atoms with Crippen molar-refractivity contribution in [2.24, 2.45) is 4.99 Å². The molecular formula is C9H9NO2. The predicted octanol–water partition coefficient (Wildman–Crippen LogP) is 1.19. The van der Waals surface area contributed by atoms with Crippen LogP contribution >= 0.6 is 0 Å². The SMILES string of the molecule is O=C(O)CN=Cc1ccccc1. The quantitative estimate of drug-likeness (QED) is 0.680. The standard InChI is InChI=1S/C9H9NO2/c11-9(12)7-10-6-8-4-2-1-3-5-8/h1-6H,7H2,(H,11,12). The Morgan fingerprint density at radius 1 is 1.42 bits per heavy atom. The van der Waals surface area contributed by atoms with Crippen LogP contribution in [0.3, 0.4) is 0 Å². The fourth-order valence-corrected chi connectivity index (χ4v) is 0.768. The van der Waals surface area contributed by atoms with E-state index >= 15 is 0 Å². The van der Waals surface area contributed by atoms with Crippen molar-refractivity contribution in [1.82, 2.24) is 0 Å². The Bertz CT molecular complexity index is 280. The zero-order valence-electron chi connectivity index (χ0n) is 6.47. The van der Waals surface area contributed by atoms with Gasteiger partial charge in [-0.25, -0.2) is 0 Å². The first-order valence-corrected chi connectivity index (χ1v) is 3.56. The zero-order chi connectivity index (χ0) is 8.81. The van der Waals surface area contributed by atoms with Crippen molar-refractivity contribution < 1.29 is 9.90 Å². The summed E-state index contributed by atoms with van der Waals surface area (Å²) in [5, 5.41) is 8.28. The summed E-state index contributed by atoms with van der Waals surface area (Å²) in [6, 6.07) is 9.38. The first kappa shape index (κ1) is 8.46. The highest BCUT2D eigenvalue weighted by Crippen LogP contribution is 1.93. The van der Waals surface area contributed by atoms with Gasteiger partial charge in [0.1, 0.15) is 6.54 Å². The van der Waals surface area contributed by atoms with E-state index in [0.717, 1.165) is 5.56 Å². The van der Waals surface area contributed by atoms with Crippen LogP contribution in [0.5, 0.6) is 0 Å². The lowest BCUT2D eigenvalue weighted by atomic mass is 10.2. The molecule has 3 nitrogen and oxygen atoms in total. The molecule has 62 valence electrons. The lowest BCUT2D eigenvalue weighted by molar-refractivity contribution is -0.135. The Balaban J connectivity index is 2.52. The number of hydrogen-bond acceptors (Lipinski definition) is 2. The summed E-state index contributed by atoms with van der Waals surface area (Å²) >= 11 is 0. The highest BCUT2D eigenvalue weighted by atomic mass is 16.4. The molecule has 0 aliphatic heterocycles. The maximum absolute atomic E-state index is 10.1. The molecule has 1 aromatic carbocycles. The fourth-order valence-electron chi connectivity index (χ4n) is 0.768. The average Bonchev–Trinajstić information content (AvgIpc) is 2.05. The molecule has 1 aromatic rings. The lowest BCUT2D eigenvalue weighted by Crippen LogP contribution is -1.99. The second-order valence-corrected chi connectivity index (χ2v) is 2.27. The third kappa shape index (κ3) is 2.96. The lowest BCUT2D eigenvalue weighted by Gasteiger charge is -1.89. The van der Waals surface area contributed by atoms with Gasteiger partial charge in [0.25, 0.3) is 0 Å². The Morgan fingerprint density at radius 3 is 2.67 bits per heavy atom. The molecule has 0 radical (unpaired) electrons. The van der Waals surface area contributed by atoms with E-state index < -0.39 is 5.97 Å². The van der Waals surface area contributed by atoms with Gasteiger partial charge in [0.2, 0.25) is 0 Å². The molecule has 0 atom stereocenters. The molecule has 0 aliphatic rings. The largest absolute Gasteiger partial charge is 0.480 e. The monoisotopic (exact) mass is 163 g/mol. The maximum atomic E-state index is 10.1. The van der Waals surface area contributed by atoms with Crippen LogP contribution in [-0.2, 0) is 4.79 Å². The topological polar surface area (TPSA) is 49.7 Å². The van der Waals surface area contributed by atoms with Crippen LogP contribution < -0.4 is 0 Å². The summed E-state index contributed by atoms with van der Waals surface area (Å²) in [6.45, 7) is -0.172. The maximum Gasteiger partial charge on any atom is 0.325 e. The van der Waals surface area contributed by atoms with Gasteiger partial charge in [-0.2, -0.15) is 0 Å². The first-order valence-electron chi connectivity index (χ1n) is 3.56. The normalized spacial score (nSPS) is 10.3. The molecule has 12 heavy (non-hydrogen) atoms. The van der Waals surface area contributed by atoms with E-state index in [1.165, 1.54) is 0 Å². The van der Waals surface area contributed by atoms with Gasteiger partial charge >= 0.3 is 5.97 Å². The van der Waals surface area contributed by atoms with Crippen molar-refractivity contribution in [3.63, 3.8) is 0 Å². The molecule has 0 amide bonds. The van der Waals surface area contributed by atoms with E-state index in [1.807, 2.05) is 30.3 Å². The number of aliphatic carboxylic acids is 1. The minimum Gasteiger partial charge on any atom is -0.480 e. The molecule has 0 unspecified atom stereocenters. The molecule has 3 heteroatoms. The van der Waals surface area contributed by atoms with Crippen LogP contribution in [-0.4, -0.2) is 23.8 Å². The number of carboxylic acids is 1. The molecule has 0 aromatic heterocycles. The molecular weight excluding hydrogens is 154 g/mol. The van der Waals surface area contributed by atoms with Gasteiger partial charge in [-0.3, -0.25) is 9.79 Å². The summed E-state index contributed by atoms with van der Waals surface area (Å²) in [5.74, 6) is -0.915. The van der Waals surface area contributed by atoms with E-state index in [1.54, 1.807) is 6.21 Å². The Labute approximate surface area is 70.4 Å². The van der Waals surface area contributed by atoms with Crippen molar-refractivity contribution in [3.05, 3.63) is 35.9 Å². The van der Waals surface area contributed by atoms with Gasteiger partial charge in [-0.1, -0.05) is 30.3 Å². The summed E-state index contributed by atoms with van der Waals surface area (Å²) in [6.07, 6.45) is 1.55. The zero-order valence-corrected chi connectivity index (χ0v) is 6.47. The minimum absolute atomic E-state index is 0.172. The van der Waals surface area contributed by atoms with E-state index in [-0.39, 0.29) is 6.54 Å². The van der Waals surface area contributed by atoms with Crippen LogP contribution in [0.2, 0.25) is 0 Å². The Kier molecular flexibility index (Phi) is 3.02. The smallest absolute Gasteiger partial charge is 0.325 e. The summed E-state index contributed by atoms with van der Waals surface area (Å²) in [5.41, 5.74) is 0.916. The molecule has 1 N–H and O–H groups in total. The highest BCUT2D eigenvalue weighted by molar-refractivity contribution is 5.81. The van der Waals surface area contributed by atoms with Gasteiger partial charge < -0.3 is 5.11 Å².